The smallest absolute Gasteiger partial charge is 0.237 e. The molecule has 1 aromatic heterocycles. The van der Waals surface area contributed by atoms with Crippen molar-refractivity contribution in [2.75, 3.05) is 16.0 Å². The van der Waals surface area contributed by atoms with Crippen LogP contribution in [0.2, 0.25) is 0 Å². The zero-order chi connectivity index (χ0) is 16.4. The predicted molar refractivity (Wildman–Crippen MR) is 92.0 cm³/mol. The summed E-state index contributed by atoms with van der Waals surface area (Å²) in [5.74, 6) is 0.147. The quantitative estimate of drug-likeness (QED) is 0.863. The number of aromatic nitrogens is 2. The molecule has 1 aliphatic rings. The topological polar surface area (TPSA) is 75.2 Å². The molecule has 2 aromatic rings. The van der Waals surface area contributed by atoms with Crippen LogP contribution in [-0.2, 0) is 9.59 Å². The van der Waals surface area contributed by atoms with Crippen LogP contribution in [0.5, 0.6) is 0 Å². The average Bonchev–Trinajstić information content (AvgIpc) is 2.86. The lowest BCUT2D eigenvalue weighted by molar-refractivity contribution is -0.117. The first-order valence-electron chi connectivity index (χ1n) is 7.18. The monoisotopic (exact) mass is 348 g/mol. The van der Waals surface area contributed by atoms with E-state index in [1.807, 2.05) is 38.1 Å². The lowest BCUT2D eigenvalue weighted by Gasteiger charge is -2.27. The third kappa shape index (κ3) is 3.53. The highest BCUT2D eigenvalue weighted by atomic mass is 32.2. The van der Waals surface area contributed by atoms with Crippen LogP contribution >= 0.6 is 23.1 Å². The molecule has 0 radical (unpaired) electrons. The number of rotatable bonds is 3. The Kier molecular flexibility index (Phi) is 4.63. The van der Waals surface area contributed by atoms with Gasteiger partial charge in [-0.25, -0.2) is 0 Å². The molecule has 0 spiro atoms. The molecule has 120 valence electrons. The van der Waals surface area contributed by atoms with E-state index in [0.717, 1.165) is 15.0 Å². The molecule has 1 atom stereocenters. The number of thioether (sulfide) groups is 1. The second-order valence-corrected chi connectivity index (χ2v) is 7.66. The van der Waals surface area contributed by atoms with Crippen molar-refractivity contribution in [3.8, 4) is 0 Å². The fourth-order valence-electron chi connectivity index (χ4n) is 2.50. The minimum Gasteiger partial charge on any atom is -0.324 e. The number of fused-ring (bicyclic) bond motifs is 1. The predicted octanol–water partition coefficient (Wildman–Crippen LogP) is 2.70. The van der Waals surface area contributed by atoms with Crippen molar-refractivity contribution < 1.29 is 9.59 Å². The molecule has 0 saturated carbocycles. The fraction of sp³-hybridized carbons (Fsp3) is 0.333. The molecule has 0 bridgehead atoms. The van der Waals surface area contributed by atoms with Gasteiger partial charge in [-0.05, 0) is 26.0 Å². The summed E-state index contributed by atoms with van der Waals surface area (Å²) in [6.45, 7) is 3.77. The second kappa shape index (κ2) is 6.67. The van der Waals surface area contributed by atoms with E-state index in [1.54, 1.807) is 4.90 Å². The van der Waals surface area contributed by atoms with Crippen molar-refractivity contribution >= 4 is 46.3 Å². The first-order chi connectivity index (χ1) is 11.0. The van der Waals surface area contributed by atoms with Crippen molar-refractivity contribution in [1.29, 1.82) is 0 Å². The highest BCUT2D eigenvalue weighted by Gasteiger charge is 2.29. The van der Waals surface area contributed by atoms with Crippen molar-refractivity contribution in [2.45, 2.75) is 30.6 Å². The minimum absolute atomic E-state index is 0.0423. The van der Waals surface area contributed by atoms with E-state index < -0.39 is 0 Å². The zero-order valence-electron chi connectivity index (χ0n) is 12.8. The number of carbonyl (C=O) groups is 2. The number of nitrogens with zero attached hydrogens (tertiary/aromatic N) is 3. The van der Waals surface area contributed by atoms with Gasteiger partial charge in [-0.1, -0.05) is 35.2 Å². The fourth-order valence-corrected chi connectivity index (χ4v) is 4.17. The summed E-state index contributed by atoms with van der Waals surface area (Å²) in [6.07, 6.45) is 0.281. The number of hydrogen-bond acceptors (Lipinski definition) is 6. The molecule has 1 N–H and O–H groups in total. The number of amides is 2. The number of para-hydroxylation sites is 2. The van der Waals surface area contributed by atoms with Gasteiger partial charge in [-0.2, -0.15) is 0 Å². The van der Waals surface area contributed by atoms with Gasteiger partial charge in [-0.3, -0.25) is 9.59 Å². The summed E-state index contributed by atoms with van der Waals surface area (Å²) in [4.78, 5) is 26.4. The maximum absolute atomic E-state index is 12.7. The number of anilines is 2. The molecule has 3 rings (SSSR count). The van der Waals surface area contributed by atoms with E-state index in [1.165, 1.54) is 23.1 Å². The molecule has 1 aliphatic heterocycles. The number of nitrogens with one attached hydrogen (secondary N) is 1. The van der Waals surface area contributed by atoms with E-state index in [2.05, 4.69) is 15.5 Å². The highest BCUT2D eigenvalue weighted by molar-refractivity contribution is 8.01. The molecular formula is C15H16N4O2S2. The van der Waals surface area contributed by atoms with Gasteiger partial charge in [0.15, 0.2) is 4.34 Å². The Bertz CT molecular complexity index is 747. The molecule has 23 heavy (non-hydrogen) atoms. The number of hydrogen-bond donors (Lipinski definition) is 1. The second-order valence-electron chi connectivity index (χ2n) is 5.26. The van der Waals surface area contributed by atoms with Gasteiger partial charge < -0.3 is 10.2 Å². The molecule has 2 amide bonds. The van der Waals surface area contributed by atoms with E-state index in [9.17, 15) is 9.59 Å². The SMILES string of the molecule is Cc1nnc(SCC(=O)N2c3ccccc3NC(=O)C[C@@H]2C)s1. The van der Waals surface area contributed by atoms with E-state index in [-0.39, 0.29) is 30.0 Å². The van der Waals surface area contributed by atoms with Crippen LogP contribution in [0.4, 0.5) is 11.4 Å². The van der Waals surface area contributed by atoms with Gasteiger partial charge in [0, 0.05) is 12.5 Å². The van der Waals surface area contributed by atoms with Gasteiger partial charge in [0.05, 0.1) is 17.1 Å². The van der Waals surface area contributed by atoms with Crippen molar-refractivity contribution in [1.82, 2.24) is 10.2 Å². The van der Waals surface area contributed by atoms with Gasteiger partial charge in [0.2, 0.25) is 11.8 Å². The standard InChI is InChI=1S/C15H16N4O2S2/c1-9-7-13(20)16-11-5-3-4-6-12(11)19(9)14(21)8-22-15-18-17-10(2)23-15/h3-6,9H,7-8H2,1-2H3,(H,16,20)/t9-/m0/s1. The Balaban J connectivity index is 1.81. The van der Waals surface area contributed by atoms with Crippen molar-refractivity contribution in [3.05, 3.63) is 29.3 Å². The third-order valence-electron chi connectivity index (χ3n) is 3.45. The Morgan fingerprint density at radius 1 is 1.43 bits per heavy atom. The summed E-state index contributed by atoms with van der Waals surface area (Å²) in [5, 5.41) is 11.7. The zero-order valence-corrected chi connectivity index (χ0v) is 14.4. The Hall–Kier alpha value is -1.93. The average molecular weight is 348 g/mol. The van der Waals surface area contributed by atoms with Crippen molar-refractivity contribution in [2.24, 2.45) is 0 Å². The summed E-state index contributed by atoms with van der Waals surface area (Å²) >= 11 is 2.85. The Morgan fingerprint density at radius 3 is 2.96 bits per heavy atom. The summed E-state index contributed by atoms with van der Waals surface area (Å²) in [7, 11) is 0. The summed E-state index contributed by atoms with van der Waals surface area (Å²) in [5.41, 5.74) is 1.41. The Morgan fingerprint density at radius 2 is 2.22 bits per heavy atom. The summed E-state index contributed by atoms with van der Waals surface area (Å²) in [6, 6.07) is 7.19. The molecule has 0 saturated heterocycles. The van der Waals surface area contributed by atoms with Crippen LogP contribution in [0, 0.1) is 6.92 Å². The largest absolute Gasteiger partial charge is 0.324 e. The van der Waals surface area contributed by atoms with E-state index >= 15 is 0 Å². The van der Waals surface area contributed by atoms with Gasteiger partial charge >= 0.3 is 0 Å². The van der Waals surface area contributed by atoms with E-state index in [4.69, 9.17) is 0 Å². The molecule has 1 aromatic carbocycles. The van der Waals surface area contributed by atoms with Crippen LogP contribution in [-0.4, -0.2) is 33.8 Å². The highest BCUT2D eigenvalue weighted by Crippen LogP contribution is 2.32. The lowest BCUT2D eigenvalue weighted by Crippen LogP contribution is -2.40. The van der Waals surface area contributed by atoms with Crippen LogP contribution in [0.1, 0.15) is 18.4 Å². The molecule has 2 heterocycles. The maximum atomic E-state index is 12.7. The van der Waals surface area contributed by atoms with Crippen LogP contribution in [0.3, 0.4) is 0 Å². The first kappa shape index (κ1) is 15.9. The van der Waals surface area contributed by atoms with Gasteiger partial charge in [-0.15, -0.1) is 10.2 Å². The number of benzene rings is 1. The van der Waals surface area contributed by atoms with Gasteiger partial charge in [0.1, 0.15) is 5.01 Å². The normalized spacial score (nSPS) is 17.4. The molecule has 8 heteroatoms. The first-order valence-corrected chi connectivity index (χ1v) is 8.98. The summed E-state index contributed by atoms with van der Waals surface area (Å²) < 4.78 is 0.779. The maximum Gasteiger partial charge on any atom is 0.237 e. The van der Waals surface area contributed by atoms with Crippen LogP contribution in [0.25, 0.3) is 0 Å². The lowest BCUT2D eigenvalue weighted by atomic mass is 10.2. The number of carbonyl (C=O) groups excluding carboxylic acids is 2. The van der Waals surface area contributed by atoms with Crippen LogP contribution < -0.4 is 10.2 Å². The molecule has 0 unspecified atom stereocenters. The Labute approximate surface area is 142 Å². The molecular weight excluding hydrogens is 332 g/mol. The van der Waals surface area contributed by atoms with Gasteiger partial charge in [0.25, 0.3) is 0 Å². The number of aryl methyl sites for hydroxylation is 1. The molecule has 0 fully saturated rings. The molecule has 0 aliphatic carbocycles. The minimum atomic E-state index is -0.192. The third-order valence-corrected chi connectivity index (χ3v) is 5.41. The molecule has 6 nitrogen and oxygen atoms in total. The van der Waals surface area contributed by atoms with E-state index in [0.29, 0.717) is 5.69 Å². The van der Waals surface area contributed by atoms with Crippen LogP contribution in [0.15, 0.2) is 28.6 Å². The van der Waals surface area contributed by atoms with Crippen molar-refractivity contribution in [3.63, 3.8) is 0 Å².